The van der Waals surface area contributed by atoms with Crippen molar-refractivity contribution in [1.82, 2.24) is 24.7 Å². The third kappa shape index (κ3) is 4.86. The summed E-state index contributed by atoms with van der Waals surface area (Å²) in [7, 11) is -1.01. The number of aromatic nitrogens is 2. The van der Waals surface area contributed by atoms with E-state index in [1.54, 1.807) is 13.8 Å². The van der Waals surface area contributed by atoms with Crippen LogP contribution in [-0.4, -0.2) is 48.2 Å². The van der Waals surface area contributed by atoms with E-state index in [2.05, 4.69) is 15.8 Å². The average molecular weight is 480 g/mol. The fourth-order valence-electron chi connectivity index (χ4n) is 3.27. The van der Waals surface area contributed by atoms with Crippen LogP contribution in [0.15, 0.2) is 47.6 Å². The highest BCUT2D eigenvalue weighted by Gasteiger charge is 2.27. The van der Waals surface area contributed by atoms with Crippen LogP contribution in [0.1, 0.15) is 30.2 Å². The summed E-state index contributed by atoms with van der Waals surface area (Å²) in [5.41, 5.74) is 4.98. The minimum absolute atomic E-state index is 0.0185. The molecule has 1 atom stereocenters. The second-order valence-electron chi connectivity index (χ2n) is 7.85. The molecular formula is C21H23F2N5O4S. The molecule has 0 radical (unpaired) electrons. The molecule has 3 rings (SSSR count). The zero-order valence-electron chi connectivity index (χ0n) is 18.3. The van der Waals surface area contributed by atoms with Gasteiger partial charge in [0.25, 0.3) is 11.8 Å². The number of nitrogens with one attached hydrogen (secondary N) is 2. The summed E-state index contributed by atoms with van der Waals surface area (Å²) in [4.78, 5) is 29.4. The van der Waals surface area contributed by atoms with Crippen LogP contribution >= 0.6 is 0 Å². The number of rotatable bonds is 6. The monoisotopic (exact) mass is 479 g/mol. The summed E-state index contributed by atoms with van der Waals surface area (Å²) in [6, 6.07) is 6.35. The molecule has 0 aliphatic carbocycles. The van der Waals surface area contributed by atoms with Gasteiger partial charge in [0, 0.05) is 31.8 Å². The van der Waals surface area contributed by atoms with Crippen molar-refractivity contribution in [3.8, 4) is 0 Å². The van der Waals surface area contributed by atoms with Gasteiger partial charge in [-0.1, -0.05) is 19.9 Å². The van der Waals surface area contributed by atoms with E-state index in [1.807, 2.05) is 0 Å². The number of hydrazine groups is 1. The molecule has 176 valence electrons. The van der Waals surface area contributed by atoms with Crippen LogP contribution in [0.2, 0.25) is 0 Å². The molecule has 0 aliphatic heterocycles. The molecular weight excluding hydrogens is 456 g/mol. The highest BCUT2D eigenvalue weighted by Crippen LogP contribution is 2.25. The van der Waals surface area contributed by atoms with Crippen LogP contribution in [0.3, 0.4) is 0 Å². The van der Waals surface area contributed by atoms with E-state index < -0.39 is 39.5 Å². The lowest BCUT2D eigenvalue weighted by Gasteiger charge is -2.22. The highest BCUT2D eigenvalue weighted by molar-refractivity contribution is 7.89. The number of hydrogen-bond acceptors (Lipinski definition) is 5. The summed E-state index contributed by atoms with van der Waals surface area (Å²) in [6.07, 6.45) is 1.30. The average Bonchev–Trinajstić information content (AvgIpc) is 3.14. The lowest BCUT2D eigenvalue weighted by molar-refractivity contribution is -0.126. The number of nitrogens with zero attached hydrogens (tertiary/aromatic N) is 3. The number of carbonyl (C=O) groups excluding carboxylic acids is 2. The van der Waals surface area contributed by atoms with Crippen molar-refractivity contribution in [1.29, 1.82) is 0 Å². The molecule has 12 heteroatoms. The first-order valence-electron chi connectivity index (χ1n) is 9.88. The Morgan fingerprint density at radius 3 is 2.36 bits per heavy atom. The van der Waals surface area contributed by atoms with Gasteiger partial charge in [0.1, 0.15) is 6.04 Å². The Hall–Kier alpha value is -3.38. The van der Waals surface area contributed by atoms with E-state index >= 15 is 0 Å². The number of halogens is 2. The van der Waals surface area contributed by atoms with E-state index in [-0.39, 0.29) is 27.4 Å². The van der Waals surface area contributed by atoms with Gasteiger partial charge < -0.3 is 4.57 Å². The normalized spacial score (nSPS) is 12.8. The minimum atomic E-state index is -3.75. The molecule has 2 amide bonds. The van der Waals surface area contributed by atoms with Gasteiger partial charge in [0.15, 0.2) is 11.6 Å². The van der Waals surface area contributed by atoms with E-state index in [0.717, 1.165) is 16.4 Å². The molecule has 2 aromatic carbocycles. The fourth-order valence-corrected chi connectivity index (χ4v) is 4.22. The Balaban J connectivity index is 1.81. The van der Waals surface area contributed by atoms with Gasteiger partial charge in [-0.25, -0.2) is 26.5 Å². The van der Waals surface area contributed by atoms with Crippen LogP contribution in [0.25, 0.3) is 11.0 Å². The molecule has 2 N–H and O–H groups in total. The summed E-state index contributed by atoms with van der Waals surface area (Å²) in [5.74, 6) is -3.79. The van der Waals surface area contributed by atoms with E-state index in [4.69, 9.17) is 0 Å². The van der Waals surface area contributed by atoms with Crippen LogP contribution in [-0.2, 0) is 14.8 Å². The predicted octanol–water partition coefficient (Wildman–Crippen LogP) is 2.22. The molecule has 0 bridgehead atoms. The maximum absolute atomic E-state index is 13.8. The Morgan fingerprint density at radius 1 is 1.06 bits per heavy atom. The topological polar surface area (TPSA) is 113 Å². The number of carbonyl (C=O) groups is 2. The molecule has 0 unspecified atom stereocenters. The van der Waals surface area contributed by atoms with Gasteiger partial charge in [-0.05, 0) is 24.1 Å². The molecule has 9 nitrogen and oxygen atoms in total. The molecule has 3 aromatic rings. The molecule has 0 spiro atoms. The van der Waals surface area contributed by atoms with Crippen molar-refractivity contribution in [2.24, 2.45) is 5.92 Å². The van der Waals surface area contributed by atoms with Crippen molar-refractivity contribution in [3.05, 3.63) is 59.9 Å². The van der Waals surface area contributed by atoms with Crippen molar-refractivity contribution < 1.29 is 26.8 Å². The van der Waals surface area contributed by atoms with E-state index in [0.29, 0.717) is 0 Å². The largest absolute Gasteiger partial charge is 0.317 e. The zero-order chi connectivity index (χ0) is 24.5. The lowest BCUT2D eigenvalue weighted by atomic mass is 10.0. The standard InChI is InChI=1S/C21H23F2N5O4S/c1-12(2)19(28-11-24-17-9-15(22)16(23)10-18(17)28)21(30)26-25-20(29)13-6-5-7-14(8-13)33(31,32)27(3)4/h5-12,19H,1-4H3,(H,25,29)(H,26,30)/t19-/m1/s1. The Morgan fingerprint density at radius 2 is 1.73 bits per heavy atom. The zero-order valence-corrected chi connectivity index (χ0v) is 19.2. The molecule has 1 aromatic heterocycles. The van der Waals surface area contributed by atoms with Gasteiger partial charge in [0.2, 0.25) is 10.0 Å². The first-order chi connectivity index (χ1) is 15.4. The van der Waals surface area contributed by atoms with Crippen LogP contribution < -0.4 is 10.9 Å². The highest BCUT2D eigenvalue weighted by atomic mass is 32.2. The first kappa shape index (κ1) is 24.3. The van der Waals surface area contributed by atoms with Gasteiger partial charge in [-0.15, -0.1) is 0 Å². The van der Waals surface area contributed by atoms with E-state index in [1.165, 1.54) is 49.3 Å². The third-order valence-electron chi connectivity index (χ3n) is 4.99. The van der Waals surface area contributed by atoms with Crippen LogP contribution in [0, 0.1) is 17.6 Å². The summed E-state index contributed by atoms with van der Waals surface area (Å²) >= 11 is 0. The lowest BCUT2D eigenvalue weighted by Crippen LogP contribution is -2.46. The number of hydrogen-bond donors (Lipinski definition) is 2. The smallest absolute Gasteiger partial charge is 0.269 e. The van der Waals surface area contributed by atoms with Gasteiger partial charge in [-0.3, -0.25) is 20.4 Å². The predicted molar refractivity (Wildman–Crippen MR) is 116 cm³/mol. The van der Waals surface area contributed by atoms with Gasteiger partial charge in [0.05, 0.1) is 22.3 Å². The maximum atomic E-state index is 13.8. The molecule has 0 saturated carbocycles. The molecule has 1 heterocycles. The van der Waals surface area contributed by atoms with Crippen molar-refractivity contribution >= 4 is 32.9 Å². The fraction of sp³-hybridized carbons (Fsp3) is 0.286. The van der Waals surface area contributed by atoms with Gasteiger partial charge >= 0.3 is 0 Å². The second kappa shape index (κ2) is 9.24. The number of imidazole rings is 1. The molecule has 0 fully saturated rings. The second-order valence-corrected chi connectivity index (χ2v) is 10.0. The summed E-state index contributed by atoms with van der Waals surface area (Å²) in [6.45, 7) is 3.49. The number of benzene rings is 2. The first-order valence-corrected chi connectivity index (χ1v) is 11.3. The van der Waals surface area contributed by atoms with Crippen LogP contribution in [0.4, 0.5) is 8.78 Å². The summed E-state index contributed by atoms with van der Waals surface area (Å²) in [5, 5.41) is 0. The van der Waals surface area contributed by atoms with Crippen LogP contribution in [0.5, 0.6) is 0 Å². The minimum Gasteiger partial charge on any atom is -0.317 e. The molecule has 0 saturated heterocycles. The van der Waals surface area contributed by atoms with Gasteiger partial charge in [-0.2, -0.15) is 0 Å². The van der Waals surface area contributed by atoms with Crippen molar-refractivity contribution in [3.63, 3.8) is 0 Å². The number of sulfonamides is 1. The number of amides is 2. The SMILES string of the molecule is CC(C)[C@H](C(=O)NNC(=O)c1cccc(S(=O)(=O)N(C)C)c1)n1cnc2cc(F)c(F)cc21. The van der Waals surface area contributed by atoms with Crippen molar-refractivity contribution in [2.75, 3.05) is 14.1 Å². The Bertz CT molecular complexity index is 1320. The Labute approximate surface area is 189 Å². The van der Waals surface area contributed by atoms with Crippen molar-refractivity contribution in [2.45, 2.75) is 24.8 Å². The molecule has 0 aliphatic rings. The van der Waals surface area contributed by atoms with E-state index in [9.17, 15) is 26.8 Å². The summed E-state index contributed by atoms with van der Waals surface area (Å²) < 4.78 is 54.2. The number of fused-ring (bicyclic) bond motifs is 1. The quantitative estimate of drug-likeness (QED) is 0.527. The molecule has 33 heavy (non-hydrogen) atoms. The maximum Gasteiger partial charge on any atom is 0.269 e. The third-order valence-corrected chi connectivity index (χ3v) is 6.80. The Kier molecular flexibility index (Phi) is 6.79.